The van der Waals surface area contributed by atoms with E-state index in [1.807, 2.05) is 47.7 Å². The number of carbonyl (C=O) groups excluding carboxylic acids is 1. The summed E-state index contributed by atoms with van der Waals surface area (Å²) in [6.45, 7) is 18.2. The minimum absolute atomic E-state index is 0. The van der Waals surface area contributed by atoms with Crippen molar-refractivity contribution < 1.29 is 30.0 Å². The van der Waals surface area contributed by atoms with E-state index in [9.17, 15) is 9.90 Å². The Morgan fingerprint density at radius 2 is 1.61 bits per heavy atom. The molecular weight excluding hydrogens is 719 g/mol. The van der Waals surface area contributed by atoms with E-state index < -0.39 is 0 Å². The molecule has 1 aliphatic rings. The minimum atomic E-state index is -0.377. The summed E-state index contributed by atoms with van der Waals surface area (Å²) in [5, 5.41) is 15.2. The first kappa shape index (κ1) is 35.7. The summed E-state index contributed by atoms with van der Waals surface area (Å²) in [7, 11) is 0. The number of aromatic nitrogens is 1. The zero-order chi connectivity index (χ0) is 31.5. The number of hydrogen-bond donors (Lipinski definition) is 1. The fourth-order valence-corrected chi connectivity index (χ4v) is 6.04. The van der Waals surface area contributed by atoms with Gasteiger partial charge in [0.2, 0.25) is 0 Å². The van der Waals surface area contributed by atoms with Crippen molar-refractivity contribution in [2.24, 2.45) is 10.8 Å². The Bertz CT molecular complexity index is 1640. The van der Waals surface area contributed by atoms with Crippen molar-refractivity contribution in [1.29, 1.82) is 0 Å². The smallest absolute Gasteiger partial charge is 0.164 e. The standard InChI is InChI=1S/C27H26N.C13H24O2.Ir/c1-17-13-18(2)15-22(14-17)27-26-21(11-12-28-27)16-24(20-8-4-5-9-20)25-19(3)7-6-10-23(25)26;1-7-12(3,4)10(14)9-11(15)13(5,6)8-2;/h6-7,10-14,16,20H,4-5,8-9H2,1-3H3;9,14H,7-8H2,1-6H3;/q-1;;/b;10-9-;. The van der Waals surface area contributed by atoms with E-state index in [1.165, 1.54) is 64.4 Å². The predicted octanol–water partition coefficient (Wildman–Crippen LogP) is 11.3. The number of allylic oxidation sites excluding steroid dienone is 2. The van der Waals surface area contributed by atoms with Crippen molar-refractivity contribution in [3.05, 3.63) is 88.8 Å². The third kappa shape index (κ3) is 7.69. The molecule has 237 valence electrons. The summed E-state index contributed by atoms with van der Waals surface area (Å²) in [6, 6.07) is 19.3. The molecule has 0 spiro atoms. The van der Waals surface area contributed by atoms with Gasteiger partial charge in [0.15, 0.2) is 5.78 Å². The molecule has 1 aromatic heterocycles. The van der Waals surface area contributed by atoms with Crippen molar-refractivity contribution in [3.8, 4) is 11.3 Å². The number of carbonyl (C=O) groups is 1. The fraction of sp³-hybridized carbons (Fsp3) is 0.450. The Morgan fingerprint density at radius 1 is 0.955 bits per heavy atom. The Labute approximate surface area is 278 Å². The fourth-order valence-electron chi connectivity index (χ4n) is 6.04. The molecule has 0 amide bonds. The molecule has 3 nitrogen and oxygen atoms in total. The topological polar surface area (TPSA) is 50.2 Å². The van der Waals surface area contributed by atoms with Crippen molar-refractivity contribution in [1.82, 2.24) is 4.98 Å². The number of ketones is 1. The normalized spacial score (nSPS) is 14.3. The Kier molecular flexibility index (Phi) is 11.8. The molecule has 1 radical (unpaired) electrons. The number of benzene rings is 3. The summed E-state index contributed by atoms with van der Waals surface area (Å²) < 4.78 is 0. The summed E-state index contributed by atoms with van der Waals surface area (Å²) in [5.41, 5.74) is 6.81. The van der Waals surface area contributed by atoms with Gasteiger partial charge in [-0.3, -0.25) is 4.79 Å². The molecule has 1 saturated carbocycles. The second-order valence-corrected chi connectivity index (χ2v) is 13.8. The van der Waals surface area contributed by atoms with Crippen molar-refractivity contribution in [2.45, 2.75) is 107 Å². The first-order valence-electron chi connectivity index (χ1n) is 16.1. The maximum Gasteiger partial charge on any atom is 0.164 e. The van der Waals surface area contributed by atoms with E-state index in [4.69, 9.17) is 4.98 Å². The van der Waals surface area contributed by atoms with Gasteiger partial charge in [0.25, 0.3) is 0 Å². The average molecular weight is 769 g/mol. The van der Waals surface area contributed by atoms with Crippen molar-refractivity contribution in [2.75, 3.05) is 0 Å². The molecule has 5 rings (SSSR count). The number of aryl methyl sites for hydroxylation is 3. The van der Waals surface area contributed by atoms with Crippen LogP contribution in [0.4, 0.5) is 0 Å². The molecule has 4 heteroatoms. The Morgan fingerprint density at radius 3 is 2.23 bits per heavy atom. The molecule has 1 heterocycles. The second kappa shape index (κ2) is 14.5. The van der Waals surface area contributed by atoms with E-state index in [2.05, 4.69) is 69.3 Å². The second-order valence-electron chi connectivity index (χ2n) is 13.8. The molecule has 1 fully saturated rings. The van der Waals surface area contributed by atoms with Crippen LogP contribution in [0.3, 0.4) is 0 Å². The molecule has 1 N–H and O–H groups in total. The number of nitrogens with zero attached hydrogens (tertiary/aromatic N) is 1. The Hall–Kier alpha value is -2.81. The van der Waals surface area contributed by atoms with Gasteiger partial charge in [-0.2, -0.15) is 0 Å². The van der Waals surface area contributed by atoms with Gasteiger partial charge in [0, 0.05) is 43.2 Å². The van der Waals surface area contributed by atoms with Crippen LogP contribution in [-0.2, 0) is 24.9 Å². The summed E-state index contributed by atoms with van der Waals surface area (Å²) in [5.74, 6) is 0.887. The van der Waals surface area contributed by atoms with Crippen LogP contribution in [0.15, 0.2) is 60.5 Å². The average Bonchev–Trinajstić information content (AvgIpc) is 3.51. The van der Waals surface area contributed by atoms with Gasteiger partial charge in [-0.05, 0) is 83.0 Å². The number of pyridine rings is 1. The molecule has 0 unspecified atom stereocenters. The van der Waals surface area contributed by atoms with E-state index in [-0.39, 0.29) is 42.5 Å². The zero-order valence-electron chi connectivity index (χ0n) is 28.2. The van der Waals surface area contributed by atoms with Gasteiger partial charge in [-0.1, -0.05) is 92.5 Å². The predicted molar refractivity (Wildman–Crippen MR) is 183 cm³/mol. The molecular formula is C40H50IrNO2-. The molecule has 4 aromatic rings. The van der Waals surface area contributed by atoms with Gasteiger partial charge < -0.3 is 10.1 Å². The first-order valence-corrected chi connectivity index (χ1v) is 16.1. The van der Waals surface area contributed by atoms with Gasteiger partial charge in [0.1, 0.15) is 5.76 Å². The minimum Gasteiger partial charge on any atom is -0.512 e. The molecule has 3 aromatic carbocycles. The van der Waals surface area contributed by atoms with Crippen molar-refractivity contribution >= 4 is 27.3 Å². The molecule has 0 atom stereocenters. The van der Waals surface area contributed by atoms with Crippen LogP contribution < -0.4 is 0 Å². The number of aliphatic hydroxyl groups excluding tert-OH is 1. The third-order valence-electron chi connectivity index (χ3n) is 9.72. The quantitative estimate of drug-likeness (QED) is 0.0882. The number of fused-ring (bicyclic) bond motifs is 3. The van der Waals surface area contributed by atoms with Gasteiger partial charge in [-0.15, -0.1) is 34.9 Å². The molecule has 0 aliphatic heterocycles. The largest absolute Gasteiger partial charge is 0.512 e. The van der Waals surface area contributed by atoms with E-state index in [0.29, 0.717) is 5.92 Å². The Balaban J connectivity index is 0.000000286. The monoisotopic (exact) mass is 769 g/mol. The van der Waals surface area contributed by atoms with Gasteiger partial charge in [0.05, 0.1) is 0 Å². The number of hydrogen-bond acceptors (Lipinski definition) is 3. The van der Waals surface area contributed by atoms with Crippen LogP contribution in [0.2, 0.25) is 0 Å². The summed E-state index contributed by atoms with van der Waals surface area (Å²) in [6.07, 6.45) is 10.3. The van der Waals surface area contributed by atoms with E-state index >= 15 is 0 Å². The van der Waals surface area contributed by atoms with Crippen LogP contribution >= 0.6 is 0 Å². The third-order valence-corrected chi connectivity index (χ3v) is 9.72. The SMILES string of the molecule is CCC(C)(C)C(=O)/C=C(\O)C(C)(C)CC.Cc1[c-]c(-c2nccc3cc(C4CCCC4)c4c(C)cccc4c23)cc(C)c1.[Ir]. The molecule has 0 bridgehead atoms. The molecule has 1 aliphatic carbocycles. The van der Waals surface area contributed by atoms with Gasteiger partial charge >= 0.3 is 0 Å². The van der Waals surface area contributed by atoms with E-state index in [0.717, 1.165) is 29.7 Å². The maximum absolute atomic E-state index is 11.8. The van der Waals surface area contributed by atoms with Crippen LogP contribution in [0.25, 0.3) is 32.8 Å². The van der Waals surface area contributed by atoms with Crippen molar-refractivity contribution in [3.63, 3.8) is 0 Å². The van der Waals surface area contributed by atoms with Crippen LogP contribution in [0.5, 0.6) is 0 Å². The summed E-state index contributed by atoms with van der Waals surface area (Å²) >= 11 is 0. The summed E-state index contributed by atoms with van der Waals surface area (Å²) in [4.78, 5) is 16.7. The maximum atomic E-state index is 11.8. The first-order chi connectivity index (χ1) is 20.3. The zero-order valence-corrected chi connectivity index (χ0v) is 30.5. The molecule has 44 heavy (non-hydrogen) atoms. The number of rotatable bonds is 7. The number of aliphatic hydroxyl groups is 1. The van der Waals surface area contributed by atoms with Crippen LogP contribution in [-0.4, -0.2) is 15.9 Å². The van der Waals surface area contributed by atoms with Gasteiger partial charge in [-0.25, -0.2) is 0 Å². The van der Waals surface area contributed by atoms with Crippen LogP contribution in [0.1, 0.15) is 108 Å². The molecule has 0 saturated heterocycles. The van der Waals surface area contributed by atoms with Crippen LogP contribution in [0, 0.1) is 37.7 Å². The van der Waals surface area contributed by atoms with E-state index in [1.54, 1.807) is 5.56 Å².